The summed E-state index contributed by atoms with van der Waals surface area (Å²) in [5, 5.41) is 0. The zero-order valence-corrected chi connectivity index (χ0v) is 11.1. The van der Waals surface area contributed by atoms with Crippen LogP contribution in [0.25, 0.3) is 0 Å². The molecule has 0 aliphatic heterocycles. The molecular formula is C12H16F2N2O2S. The molecule has 0 amide bonds. The van der Waals surface area contributed by atoms with Gasteiger partial charge in [-0.3, -0.25) is 0 Å². The molecular weight excluding hydrogens is 274 g/mol. The third kappa shape index (κ3) is 2.93. The van der Waals surface area contributed by atoms with Gasteiger partial charge in [-0.15, -0.1) is 0 Å². The van der Waals surface area contributed by atoms with Crippen molar-refractivity contribution in [1.82, 2.24) is 4.72 Å². The Morgan fingerprint density at radius 2 is 1.89 bits per heavy atom. The quantitative estimate of drug-likeness (QED) is 0.879. The lowest BCUT2D eigenvalue weighted by Crippen LogP contribution is -2.40. The van der Waals surface area contributed by atoms with Crippen molar-refractivity contribution in [3.8, 4) is 0 Å². The average Bonchev–Trinajstić information content (AvgIpc) is 2.74. The smallest absolute Gasteiger partial charge is 0.246 e. The molecule has 19 heavy (non-hydrogen) atoms. The Morgan fingerprint density at radius 3 is 2.47 bits per heavy atom. The van der Waals surface area contributed by atoms with Gasteiger partial charge in [0.05, 0.1) is 0 Å². The van der Waals surface area contributed by atoms with Crippen molar-refractivity contribution in [2.45, 2.75) is 30.2 Å². The molecule has 1 fully saturated rings. The lowest BCUT2D eigenvalue weighted by molar-refractivity contribution is 0.447. The maximum Gasteiger partial charge on any atom is 0.246 e. The van der Waals surface area contributed by atoms with Crippen LogP contribution in [0, 0.1) is 17.6 Å². The first-order chi connectivity index (χ1) is 8.95. The zero-order chi connectivity index (χ0) is 14.0. The normalized spacial score (nSPS) is 23.7. The summed E-state index contributed by atoms with van der Waals surface area (Å²) in [6, 6.07) is 2.62. The summed E-state index contributed by atoms with van der Waals surface area (Å²) in [7, 11) is -4.20. The van der Waals surface area contributed by atoms with E-state index in [0.717, 1.165) is 31.0 Å². The summed E-state index contributed by atoms with van der Waals surface area (Å²) in [5.74, 6) is -2.16. The topological polar surface area (TPSA) is 72.2 Å². The summed E-state index contributed by atoms with van der Waals surface area (Å²) in [6.45, 7) is 0.354. The van der Waals surface area contributed by atoms with Crippen LogP contribution in [0.3, 0.4) is 0 Å². The van der Waals surface area contributed by atoms with Gasteiger partial charge < -0.3 is 5.73 Å². The molecule has 106 valence electrons. The van der Waals surface area contributed by atoms with E-state index in [4.69, 9.17) is 5.73 Å². The highest BCUT2D eigenvalue weighted by Crippen LogP contribution is 2.27. The molecule has 2 atom stereocenters. The second kappa shape index (κ2) is 5.52. The predicted octanol–water partition coefficient (Wildman–Crippen LogP) is 1.37. The van der Waals surface area contributed by atoms with Crippen LogP contribution >= 0.6 is 0 Å². The third-order valence-electron chi connectivity index (χ3n) is 3.46. The lowest BCUT2D eigenvalue weighted by atomic mass is 10.1. The molecule has 0 heterocycles. The summed E-state index contributed by atoms with van der Waals surface area (Å²) >= 11 is 0. The van der Waals surface area contributed by atoms with E-state index in [9.17, 15) is 17.2 Å². The van der Waals surface area contributed by atoms with Gasteiger partial charge in [0.25, 0.3) is 0 Å². The van der Waals surface area contributed by atoms with Gasteiger partial charge in [0, 0.05) is 6.04 Å². The van der Waals surface area contributed by atoms with E-state index >= 15 is 0 Å². The second-order valence-electron chi connectivity index (χ2n) is 4.71. The van der Waals surface area contributed by atoms with Crippen LogP contribution in [0.15, 0.2) is 23.1 Å². The van der Waals surface area contributed by atoms with Gasteiger partial charge in [0.2, 0.25) is 10.0 Å². The van der Waals surface area contributed by atoms with Crippen molar-refractivity contribution >= 4 is 10.0 Å². The molecule has 1 aliphatic rings. The number of nitrogens with two attached hydrogens (primary N) is 1. The number of hydrogen-bond acceptors (Lipinski definition) is 3. The number of hydrogen-bond donors (Lipinski definition) is 2. The van der Waals surface area contributed by atoms with E-state index < -0.39 is 26.6 Å². The molecule has 1 aromatic rings. The minimum Gasteiger partial charge on any atom is -0.330 e. The summed E-state index contributed by atoms with van der Waals surface area (Å²) in [4.78, 5) is -0.919. The molecule has 1 aliphatic carbocycles. The van der Waals surface area contributed by atoms with E-state index in [1.54, 1.807) is 0 Å². The Kier molecular flexibility index (Phi) is 4.17. The lowest BCUT2D eigenvalue weighted by Gasteiger charge is -2.19. The molecule has 1 saturated carbocycles. The van der Waals surface area contributed by atoms with E-state index in [0.29, 0.717) is 13.0 Å². The Labute approximate surface area is 111 Å². The highest BCUT2D eigenvalue weighted by atomic mass is 32.2. The van der Waals surface area contributed by atoms with Gasteiger partial charge in [-0.05, 0) is 37.4 Å². The maximum atomic E-state index is 13.5. The molecule has 3 N–H and O–H groups in total. The fourth-order valence-corrected chi connectivity index (χ4v) is 3.95. The molecule has 0 saturated heterocycles. The van der Waals surface area contributed by atoms with Crippen LogP contribution in [0.2, 0.25) is 0 Å². The first-order valence-electron chi connectivity index (χ1n) is 6.12. The minimum absolute atomic E-state index is 0.0182. The molecule has 7 heteroatoms. The number of halogens is 2. The average molecular weight is 290 g/mol. The summed E-state index contributed by atoms with van der Waals surface area (Å²) < 4.78 is 53.5. The highest BCUT2D eigenvalue weighted by molar-refractivity contribution is 7.89. The van der Waals surface area contributed by atoms with Crippen molar-refractivity contribution in [2.24, 2.45) is 11.7 Å². The van der Waals surface area contributed by atoms with Crippen molar-refractivity contribution in [3.63, 3.8) is 0 Å². The molecule has 2 rings (SSSR count). The first kappa shape index (κ1) is 14.4. The Morgan fingerprint density at radius 1 is 1.26 bits per heavy atom. The van der Waals surface area contributed by atoms with E-state index in [2.05, 4.69) is 4.72 Å². The van der Waals surface area contributed by atoms with Crippen LogP contribution in [0.4, 0.5) is 8.78 Å². The Balaban J connectivity index is 2.28. The second-order valence-corrected chi connectivity index (χ2v) is 6.36. The van der Waals surface area contributed by atoms with Crippen LogP contribution in [0.1, 0.15) is 19.3 Å². The van der Waals surface area contributed by atoms with E-state index in [1.165, 1.54) is 0 Å². The standard InChI is InChI=1S/C12H16F2N2O2S/c13-9-4-2-5-10(14)12(9)19(17,18)16-11-6-1-3-8(11)7-15/h2,4-5,8,11,16H,1,3,6-7,15H2. The largest absolute Gasteiger partial charge is 0.330 e. The minimum atomic E-state index is -4.20. The molecule has 2 unspecified atom stereocenters. The maximum absolute atomic E-state index is 13.5. The van der Waals surface area contributed by atoms with Crippen molar-refractivity contribution < 1.29 is 17.2 Å². The molecule has 0 spiro atoms. The first-order valence-corrected chi connectivity index (χ1v) is 7.60. The van der Waals surface area contributed by atoms with Crippen LogP contribution < -0.4 is 10.5 Å². The molecule has 0 radical (unpaired) electrons. The van der Waals surface area contributed by atoms with Crippen molar-refractivity contribution in [1.29, 1.82) is 0 Å². The van der Waals surface area contributed by atoms with Crippen LogP contribution in [-0.4, -0.2) is 21.0 Å². The monoisotopic (exact) mass is 290 g/mol. The molecule has 0 aromatic heterocycles. The van der Waals surface area contributed by atoms with E-state index in [1.807, 2.05) is 0 Å². The van der Waals surface area contributed by atoms with Gasteiger partial charge in [-0.2, -0.15) is 0 Å². The van der Waals surface area contributed by atoms with Crippen molar-refractivity contribution in [3.05, 3.63) is 29.8 Å². The summed E-state index contributed by atoms with van der Waals surface area (Å²) in [5.41, 5.74) is 5.56. The van der Waals surface area contributed by atoms with Gasteiger partial charge in [-0.1, -0.05) is 12.5 Å². The predicted molar refractivity (Wildman–Crippen MR) is 66.9 cm³/mol. The molecule has 0 bridgehead atoms. The summed E-state index contributed by atoms with van der Waals surface area (Å²) in [6.07, 6.45) is 2.31. The SMILES string of the molecule is NCC1CCCC1NS(=O)(=O)c1c(F)cccc1F. The Hall–Kier alpha value is -1.05. The van der Waals surface area contributed by atoms with Gasteiger partial charge in [-0.25, -0.2) is 21.9 Å². The fraction of sp³-hybridized carbons (Fsp3) is 0.500. The molecule has 1 aromatic carbocycles. The Bertz CT molecular complexity index is 543. The highest BCUT2D eigenvalue weighted by Gasteiger charge is 2.32. The number of nitrogens with one attached hydrogen (secondary N) is 1. The van der Waals surface area contributed by atoms with E-state index in [-0.39, 0.29) is 12.0 Å². The molecule has 4 nitrogen and oxygen atoms in total. The van der Waals surface area contributed by atoms with Crippen molar-refractivity contribution in [2.75, 3.05) is 6.54 Å². The third-order valence-corrected chi connectivity index (χ3v) is 5.00. The number of sulfonamides is 1. The van der Waals surface area contributed by atoms with Crippen LogP contribution in [0.5, 0.6) is 0 Å². The van der Waals surface area contributed by atoms with Crippen LogP contribution in [-0.2, 0) is 10.0 Å². The van der Waals surface area contributed by atoms with Gasteiger partial charge in [0.15, 0.2) is 4.90 Å². The van der Waals surface area contributed by atoms with Gasteiger partial charge >= 0.3 is 0 Å². The van der Waals surface area contributed by atoms with Gasteiger partial charge in [0.1, 0.15) is 11.6 Å². The zero-order valence-electron chi connectivity index (χ0n) is 10.3. The number of rotatable bonds is 4. The number of benzene rings is 1. The fourth-order valence-electron chi connectivity index (χ4n) is 2.47.